The van der Waals surface area contributed by atoms with Crippen LogP contribution in [0.1, 0.15) is 26.7 Å². The van der Waals surface area contributed by atoms with Gasteiger partial charge in [0.25, 0.3) is 0 Å². The zero-order valence-electron chi connectivity index (χ0n) is 11.4. The Labute approximate surface area is 116 Å². The smallest absolute Gasteiger partial charge is 0.363 e. The molecule has 0 bridgehead atoms. The predicted octanol–water partition coefficient (Wildman–Crippen LogP) is 2.07. The topological polar surface area (TPSA) is 96.6 Å². The molecule has 0 spiro atoms. The Balaban J connectivity index is 2.34. The first-order valence-corrected chi connectivity index (χ1v) is 6.43. The Morgan fingerprint density at radius 3 is 2.75 bits per heavy atom. The number of carbonyl (C=O) groups is 1. The minimum absolute atomic E-state index is 0.239. The van der Waals surface area contributed by atoms with Crippen molar-refractivity contribution < 1.29 is 14.8 Å². The maximum Gasteiger partial charge on any atom is 0.363 e. The predicted molar refractivity (Wildman–Crippen MR) is 72.7 cm³/mol. The van der Waals surface area contributed by atoms with E-state index in [0.717, 1.165) is 12.8 Å². The Morgan fingerprint density at radius 1 is 1.55 bits per heavy atom. The van der Waals surface area contributed by atoms with Gasteiger partial charge in [-0.25, -0.2) is 4.79 Å². The molecule has 1 N–H and O–H groups in total. The fourth-order valence-electron chi connectivity index (χ4n) is 2.79. The van der Waals surface area contributed by atoms with E-state index in [0.29, 0.717) is 12.2 Å². The minimum atomic E-state index is -0.881. The van der Waals surface area contributed by atoms with Crippen LogP contribution in [0.25, 0.3) is 0 Å². The number of anilines is 1. The number of pyridine rings is 1. The van der Waals surface area contributed by atoms with Gasteiger partial charge >= 0.3 is 11.8 Å². The third-order valence-electron chi connectivity index (χ3n) is 3.76. The van der Waals surface area contributed by atoms with Gasteiger partial charge in [0.2, 0.25) is 0 Å². The first-order valence-electron chi connectivity index (χ1n) is 6.43. The van der Waals surface area contributed by atoms with Crippen LogP contribution < -0.4 is 4.90 Å². The number of hydrogen-bond donors (Lipinski definition) is 1. The van der Waals surface area contributed by atoms with Crippen molar-refractivity contribution in [1.29, 1.82) is 0 Å². The molecule has 7 heteroatoms. The highest BCUT2D eigenvalue weighted by Crippen LogP contribution is 2.37. The molecule has 0 amide bonds. The van der Waals surface area contributed by atoms with E-state index in [1.54, 1.807) is 11.0 Å². The summed E-state index contributed by atoms with van der Waals surface area (Å²) in [6, 6.07) is 2.21. The molecule has 0 radical (unpaired) electrons. The molecular weight excluding hydrogens is 262 g/mol. The second-order valence-electron chi connectivity index (χ2n) is 5.66. The number of piperidine rings is 1. The Bertz CT molecular complexity index is 527. The van der Waals surface area contributed by atoms with E-state index in [9.17, 15) is 20.0 Å². The molecule has 1 aromatic heterocycles. The minimum Gasteiger partial charge on any atom is -0.480 e. The molecule has 2 rings (SSSR count). The highest BCUT2D eigenvalue weighted by Gasteiger charge is 2.43. The molecule has 108 valence electrons. The van der Waals surface area contributed by atoms with Crippen LogP contribution in [0, 0.1) is 15.5 Å². The van der Waals surface area contributed by atoms with Crippen LogP contribution in [0.3, 0.4) is 0 Å². The van der Waals surface area contributed by atoms with Gasteiger partial charge in [0.1, 0.15) is 6.04 Å². The second-order valence-corrected chi connectivity index (χ2v) is 5.66. The van der Waals surface area contributed by atoms with Crippen molar-refractivity contribution in [2.24, 2.45) is 5.41 Å². The van der Waals surface area contributed by atoms with Crippen LogP contribution >= 0.6 is 0 Å². The van der Waals surface area contributed by atoms with Gasteiger partial charge in [-0.15, -0.1) is 0 Å². The fraction of sp³-hybridized carbons (Fsp3) is 0.538. The molecule has 0 aromatic carbocycles. The van der Waals surface area contributed by atoms with Gasteiger partial charge < -0.3 is 20.1 Å². The summed E-state index contributed by atoms with van der Waals surface area (Å²) in [6.07, 6.45) is 3.09. The summed E-state index contributed by atoms with van der Waals surface area (Å²) in [5.74, 6) is -1.12. The van der Waals surface area contributed by atoms with E-state index >= 15 is 0 Å². The van der Waals surface area contributed by atoms with Gasteiger partial charge in [0, 0.05) is 12.6 Å². The number of hydrogen-bond acceptors (Lipinski definition) is 5. The van der Waals surface area contributed by atoms with Crippen molar-refractivity contribution in [3.63, 3.8) is 0 Å². The van der Waals surface area contributed by atoms with E-state index in [4.69, 9.17) is 0 Å². The lowest BCUT2D eigenvalue weighted by Crippen LogP contribution is -2.54. The van der Waals surface area contributed by atoms with Crippen molar-refractivity contribution in [2.75, 3.05) is 11.4 Å². The van der Waals surface area contributed by atoms with Gasteiger partial charge in [0.15, 0.2) is 6.20 Å². The van der Waals surface area contributed by atoms with E-state index in [1.165, 1.54) is 12.3 Å². The fourth-order valence-corrected chi connectivity index (χ4v) is 2.79. The van der Waals surface area contributed by atoms with Crippen LogP contribution in [0.15, 0.2) is 18.3 Å². The summed E-state index contributed by atoms with van der Waals surface area (Å²) < 4.78 is 0. The van der Waals surface area contributed by atoms with Crippen LogP contribution in [-0.4, -0.2) is 33.6 Å². The highest BCUT2D eigenvalue weighted by molar-refractivity contribution is 5.79. The van der Waals surface area contributed by atoms with Gasteiger partial charge in [0.05, 0.1) is 5.69 Å². The maximum atomic E-state index is 11.6. The highest BCUT2D eigenvalue weighted by atomic mass is 16.6. The van der Waals surface area contributed by atoms with E-state index < -0.39 is 16.9 Å². The van der Waals surface area contributed by atoms with E-state index in [1.807, 2.05) is 13.8 Å². The molecule has 2 heterocycles. The zero-order chi connectivity index (χ0) is 14.9. The monoisotopic (exact) mass is 279 g/mol. The Morgan fingerprint density at radius 2 is 2.25 bits per heavy atom. The first-order chi connectivity index (χ1) is 9.33. The summed E-state index contributed by atoms with van der Waals surface area (Å²) >= 11 is 0. The van der Waals surface area contributed by atoms with E-state index in [2.05, 4.69) is 4.98 Å². The van der Waals surface area contributed by atoms with Crippen LogP contribution in [0.2, 0.25) is 0 Å². The van der Waals surface area contributed by atoms with Gasteiger partial charge in [-0.1, -0.05) is 13.8 Å². The molecule has 1 aliphatic heterocycles. The third kappa shape index (κ3) is 2.56. The molecule has 0 aliphatic carbocycles. The Hall–Kier alpha value is -2.18. The lowest BCUT2D eigenvalue weighted by molar-refractivity contribution is -0.389. The molecular formula is C13H17N3O4. The lowest BCUT2D eigenvalue weighted by Gasteiger charge is -2.44. The molecule has 1 aromatic rings. The number of nitrogens with zero attached hydrogens (tertiary/aromatic N) is 3. The summed E-state index contributed by atoms with van der Waals surface area (Å²) in [7, 11) is 0. The average molecular weight is 279 g/mol. The number of nitro groups is 1. The number of carboxylic acid groups (broad SMARTS) is 1. The molecule has 1 fully saturated rings. The second kappa shape index (κ2) is 5.07. The van der Waals surface area contributed by atoms with Gasteiger partial charge in [-0.2, -0.15) is 0 Å². The third-order valence-corrected chi connectivity index (χ3v) is 3.76. The summed E-state index contributed by atoms with van der Waals surface area (Å²) in [5, 5.41) is 20.1. The molecule has 0 saturated carbocycles. The van der Waals surface area contributed by atoms with Crippen molar-refractivity contribution in [2.45, 2.75) is 32.7 Å². The Kier molecular flexibility index (Phi) is 3.61. The van der Waals surface area contributed by atoms with Crippen molar-refractivity contribution in [3.05, 3.63) is 28.4 Å². The summed E-state index contributed by atoms with van der Waals surface area (Å²) in [5.41, 5.74) is 0.252. The van der Waals surface area contributed by atoms with Gasteiger partial charge in [-0.3, -0.25) is 0 Å². The SMILES string of the molecule is CC1(C)CCCN(c2ccc([N+](=O)[O-])nc2)C1C(=O)O. The standard InChI is InChI=1S/C13H17N3O4/c1-13(2)6-3-7-15(11(13)12(17)18)9-4-5-10(14-8-9)16(19)20/h4-5,8,11H,3,6-7H2,1-2H3,(H,17,18). The average Bonchev–Trinajstić information content (AvgIpc) is 2.36. The lowest BCUT2D eigenvalue weighted by atomic mass is 9.76. The maximum absolute atomic E-state index is 11.6. The molecule has 7 nitrogen and oxygen atoms in total. The molecule has 1 aliphatic rings. The quantitative estimate of drug-likeness (QED) is 0.672. The number of carboxylic acids is 1. The number of aliphatic carboxylic acids is 1. The van der Waals surface area contributed by atoms with Crippen molar-refractivity contribution in [1.82, 2.24) is 4.98 Å². The van der Waals surface area contributed by atoms with Crippen LogP contribution in [-0.2, 0) is 4.79 Å². The van der Waals surface area contributed by atoms with Crippen molar-refractivity contribution in [3.8, 4) is 0 Å². The summed E-state index contributed by atoms with van der Waals surface area (Å²) in [6.45, 7) is 4.47. The zero-order valence-corrected chi connectivity index (χ0v) is 11.4. The van der Waals surface area contributed by atoms with Gasteiger partial charge in [-0.05, 0) is 34.2 Å². The first kappa shape index (κ1) is 14.2. The largest absolute Gasteiger partial charge is 0.480 e. The molecule has 20 heavy (non-hydrogen) atoms. The normalized spacial score (nSPS) is 21.5. The van der Waals surface area contributed by atoms with Crippen LogP contribution in [0.5, 0.6) is 0 Å². The molecule has 1 atom stereocenters. The number of aromatic nitrogens is 1. The van der Waals surface area contributed by atoms with Crippen LogP contribution in [0.4, 0.5) is 11.5 Å². The molecule has 1 saturated heterocycles. The summed E-state index contributed by atoms with van der Waals surface area (Å²) in [4.78, 5) is 27.1. The molecule has 1 unspecified atom stereocenters. The van der Waals surface area contributed by atoms with E-state index in [-0.39, 0.29) is 11.2 Å². The number of rotatable bonds is 3. The van der Waals surface area contributed by atoms with Crippen molar-refractivity contribution >= 4 is 17.5 Å².